The molecule has 2 fully saturated rings. The Hall–Kier alpha value is -2.23. The molecular formula is C30H34N2O. The predicted molar refractivity (Wildman–Crippen MR) is 134 cm³/mol. The summed E-state index contributed by atoms with van der Waals surface area (Å²) in [4.78, 5) is 6.78. The fourth-order valence-electron chi connectivity index (χ4n) is 8.10. The second-order valence-corrected chi connectivity index (χ2v) is 11.6. The number of pyridine rings is 1. The van der Waals surface area contributed by atoms with Crippen LogP contribution in [0.2, 0.25) is 0 Å². The van der Waals surface area contributed by atoms with Crippen molar-refractivity contribution in [2.24, 2.45) is 11.3 Å². The van der Waals surface area contributed by atoms with Crippen LogP contribution in [-0.4, -0.2) is 41.2 Å². The molecule has 2 bridgehead atoms. The molecule has 3 aliphatic carbocycles. The molecule has 1 aromatic carbocycles. The van der Waals surface area contributed by atoms with Crippen molar-refractivity contribution in [1.29, 1.82) is 0 Å². The highest BCUT2D eigenvalue weighted by molar-refractivity contribution is 5.87. The highest BCUT2D eigenvalue weighted by Gasteiger charge is 2.65. The standard InChI is InChI=1S/C30H34N2O/c1-28-12-10-24-17-23-6-7-25(32(2)3)18-29(23)13-14-30(24,33-29)27(28)9-8-26(28)21-5-4-20-11-15-31-19-22(20)16-21/h4-5,8,10-11,15-17,19,25,27H,6-7,9,12-14,18H2,1-3H3/t25-,27-,28?,29-,30-/m1/s1. The van der Waals surface area contributed by atoms with Crippen molar-refractivity contribution >= 4 is 16.3 Å². The van der Waals surface area contributed by atoms with Gasteiger partial charge in [-0.1, -0.05) is 37.3 Å². The number of aromatic nitrogens is 1. The van der Waals surface area contributed by atoms with Gasteiger partial charge in [0.2, 0.25) is 0 Å². The van der Waals surface area contributed by atoms with Gasteiger partial charge in [-0.2, -0.15) is 0 Å². The Labute approximate surface area is 197 Å². The Morgan fingerprint density at radius 1 is 1.09 bits per heavy atom. The summed E-state index contributed by atoms with van der Waals surface area (Å²) in [6.45, 7) is 2.50. The summed E-state index contributed by atoms with van der Waals surface area (Å²) in [6.07, 6.45) is 19.7. The molecule has 7 rings (SSSR count). The zero-order chi connectivity index (χ0) is 22.4. The number of rotatable bonds is 2. The first kappa shape index (κ1) is 20.2. The van der Waals surface area contributed by atoms with Gasteiger partial charge in [0.1, 0.15) is 0 Å². The molecule has 0 radical (unpaired) electrons. The van der Waals surface area contributed by atoms with E-state index >= 15 is 0 Å². The average Bonchev–Trinajstić information content (AvgIpc) is 3.33. The minimum atomic E-state index is -0.110. The van der Waals surface area contributed by atoms with E-state index in [1.165, 1.54) is 53.2 Å². The second-order valence-electron chi connectivity index (χ2n) is 11.6. The maximum Gasteiger partial charge on any atom is 0.0980 e. The van der Waals surface area contributed by atoms with Gasteiger partial charge in [0.25, 0.3) is 0 Å². The molecule has 1 saturated heterocycles. The minimum Gasteiger partial charge on any atom is -0.359 e. The van der Waals surface area contributed by atoms with E-state index in [0.717, 1.165) is 19.3 Å². The van der Waals surface area contributed by atoms with Crippen molar-refractivity contribution < 1.29 is 4.74 Å². The zero-order valence-electron chi connectivity index (χ0n) is 20.1. The smallest absolute Gasteiger partial charge is 0.0980 e. The van der Waals surface area contributed by atoms with Gasteiger partial charge >= 0.3 is 0 Å². The van der Waals surface area contributed by atoms with Crippen LogP contribution in [0.25, 0.3) is 16.3 Å². The van der Waals surface area contributed by atoms with Crippen molar-refractivity contribution in [2.75, 3.05) is 14.1 Å². The summed E-state index contributed by atoms with van der Waals surface area (Å²) in [5.41, 5.74) is 5.93. The van der Waals surface area contributed by atoms with Crippen molar-refractivity contribution in [3.05, 3.63) is 71.6 Å². The SMILES string of the molecule is CN(C)[C@@H]1CCC2=CC3=CCC4(C)C(c5ccc6ccncc6c5)=CC[C@H]4[C@@]34CC[C@]2(C1)O4. The van der Waals surface area contributed by atoms with Gasteiger partial charge < -0.3 is 9.64 Å². The van der Waals surface area contributed by atoms with Gasteiger partial charge in [0.05, 0.1) is 11.2 Å². The van der Waals surface area contributed by atoms with Gasteiger partial charge in [-0.05, 0) is 98.8 Å². The van der Waals surface area contributed by atoms with E-state index in [1.807, 2.05) is 12.4 Å². The monoisotopic (exact) mass is 438 g/mol. The van der Waals surface area contributed by atoms with E-state index < -0.39 is 0 Å². The number of hydrogen-bond donors (Lipinski definition) is 0. The van der Waals surface area contributed by atoms with Crippen LogP contribution in [0.15, 0.2) is 66.0 Å². The highest BCUT2D eigenvalue weighted by Crippen LogP contribution is 2.67. The van der Waals surface area contributed by atoms with E-state index in [4.69, 9.17) is 4.74 Å². The normalized spacial score (nSPS) is 39.0. The zero-order valence-corrected chi connectivity index (χ0v) is 20.1. The number of nitrogens with zero attached hydrogens (tertiary/aromatic N) is 2. The molecule has 2 spiro atoms. The van der Waals surface area contributed by atoms with Crippen LogP contribution in [0, 0.1) is 11.3 Å². The molecule has 3 heterocycles. The van der Waals surface area contributed by atoms with E-state index in [-0.39, 0.29) is 16.6 Å². The highest BCUT2D eigenvalue weighted by atomic mass is 16.5. The first-order valence-electron chi connectivity index (χ1n) is 12.8. The number of ether oxygens (including phenoxy) is 1. The molecule has 1 unspecified atom stereocenters. The van der Waals surface area contributed by atoms with E-state index in [1.54, 1.807) is 5.57 Å². The third-order valence-corrected chi connectivity index (χ3v) is 9.93. The Kier molecular flexibility index (Phi) is 4.08. The van der Waals surface area contributed by atoms with Crippen molar-refractivity contribution in [2.45, 2.75) is 69.1 Å². The maximum absolute atomic E-state index is 7.39. The number of allylic oxidation sites excluding steroid dienone is 3. The lowest BCUT2D eigenvalue weighted by Gasteiger charge is -2.54. The summed E-state index contributed by atoms with van der Waals surface area (Å²) in [5.74, 6) is 0.515. The van der Waals surface area contributed by atoms with Crippen LogP contribution in [0.3, 0.4) is 0 Å². The van der Waals surface area contributed by atoms with Crippen LogP contribution in [0.5, 0.6) is 0 Å². The van der Waals surface area contributed by atoms with Gasteiger partial charge in [-0.25, -0.2) is 0 Å². The topological polar surface area (TPSA) is 25.4 Å². The molecule has 33 heavy (non-hydrogen) atoms. The van der Waals surface area contributed by atoms with Gasteiger partial charge in [0, 0.05) is 35.2 Å². The van der Waals surface area contributed by atoms with Crippen molar-refractivity contribution in [3.63, 3.8) is 0 Å². The summed E-state index contributed by atoms with van der Waals surface area (Å²) in [6, 6.07) is 9.65. The minimum absolute atomic E-state index is 0.0276. The van der Waals surface area contributed by atoms with E-state index in [2.05, 4.69) is 73.4 Å². The third-order valence-electron chi connectivity index (χ3n) is 9.93. The molecule has 3 nitrogen and oxygen atoms in total. The lowest BCUT2D eigenvalue weighted by atomic mass is 9.58. The molecule has 0 N–H and O–H groups in total. The van der Waals surface area contributed by atoms with Crippen LogP contribution in [-0.2, 0) is 4.74 Å². The summed E-state index contributed by atoms with van der Waals surface area (Å²) in [5, 5.41) is 2.49. The van der Waals surface area contributed by atoms with Crippen molar-refractivity contribution in [3.8, 4) is 0 Å². The Morgan fingerprint density at radius 3 is 2.88 bits per heavy atom. The number of hydrogen-bond acceptors (Lipinski definition) is 3. The van der Waals surface area contributed by atoms with Gasteiger partial charge in [0.15, 0.2) is 0 Å². The lowest BCUT2D eigenvalue weighted by molar-refractivity contribution is -0.134. The molecule has 5 aliphatic rings. The quantitative estimate of drug-likeness (QED) is 0.549. The summed E-state index contributed by atoms with van der Waals surface area (Å²) >= 11 is 0. The Balaban J connectivity index is 1.28. The first-order chi connectivity index (χ1) is 15.9. The summed E-state index contributed by atoms with van der Waals surface area (Å²) < 4.78 is 7.39. The number of benzene rings is 1. The average molecular weight is 439 g/mol. The fraction of sp³-hybridized carbons (Fsp3) is 0.500. The lowest BCUT2D eigenvalue weighted by Crippen LogP contribution is -2.54. The Morgan fingerprint density at radius 2 is 2.00 bits per heavy atom. The largest absolute Gasteiger partial charge is 0.359 e. The van der Waals surface area contributed by atoms with Gasteiger partial charge in [-0.15, -0.1) is 0 Å². The van der Waals surface area contributed by atoms with E-state index in [0.29, 0.717) is 12.0 Å². The molecule has 5 atom stereocenters. The summed E-state index contributed by atoms with van der Waals surface area (Å²) in [7, 11) is 4.47. The molecule has 2 aliphatic heterocycles. The van der Waals surface area contributed by atoms with Crippen molar-refractivity contribution in [1.82, 2.24) is 9.88 Å². The molecule has 1 saturated carbocycles. The molecule has 0 amide bonds. The predicted octanol–water partition coefficient (Wildman–Crippen LogP) is 6.32. The van der Waals surface area contributed by atoms with E-state index in [9.17, 15) is 0 Å². The fourth-order valence-corrected chi connectivity index (χ4v) is 8.10. The Bertz CT molecular complexity index is 1250. The van der Waals surface area contributed by atoms with Crippen LogP contribution >= 0.6 is 0 Å². The molecule has 170 valence electrons. The van der Waals surface area contributed by atoms with Crippen LogP contribution in [0.1, 0.15) is 57.4 Å². The molecule has 2 aromatic rings. The number of fused-ring (bicyclic) bond motifs is 2. The maximum atomic E-state index is 7.39. The first-order valence-corrected chi connectivity index (χ1v) is 12.8. The van der Waals surface area contributed by atoms with Crippen LogP contribution in [0.4, 0.5) is 0 Å². The second kappa shape index (κ2) is 6.67. The molecular weight excluding hydrogens is 404 g/mol. The van der Waals surface area contributed by atoms with Crippen LogP contribution < -0.4 is 0 Å². The van der Waals surface area contributed by atoms with Gasteiger partial charge in [-0.3, -0.25) is 4.98 Å². The molecule has 1 aromatic heterocycles. The molecule has 3 heteroatoms. The third kappa shape index (κ3) is 2.61.